The van der Waals surface area contributed by atoms with Crippen LogP contribution in [-0.2, 0) is 45.7 Å². The third kappa shape index (κ3) is 3.50. The van der Waals surface area contributed by atoms with Gasteiger partial charge in [0.25, 0.3) is 0 Å². The monoisotopic (exact) mass is 386 g/mol. The average molecular weight is 386 g/mol. The van der Waals surface area contributed by atoms with Crippen LogP contribution >= 0.6 is 15.6 Å². The molecule has 0 aliphatic carbocycles. The van der Waals surface area contributed by atoms with Crippen molar-refractivity contribution < 1.29 is 45.7 Å². The van der Waals surface area contributed by atoms with Gasteiger partial charge in [0.2, 0.25) is 0 Å². The molecule has 0 amide bonds. The Morgan fingerprint density at radius 3 is 1.21 bits per heavy atom. The average Bonchev–Trinajstić information content (AvgIpc) is 2.61. The third-order valence-electron chi connectivity index (χ3n) is 4.36. The second-order valence-electron chi connectivity index (χ2n) is 6.64. The lowest BCUT2D eigenvalue weighted by molar-refractivity contribution is -0.141. The molecule has 6 saturated heterocycles. The van der Waals surface area contributed by atoms with Crippen molar-refractivity contribution in [1.29, 1.82) is 0 Å². The SMILES string of the molecule is O=P12OCC(COCCOCC34COP(=O)(OC3)OC4)(CO1)CO2. The Morgan fingerprint density at radius 2 is 0.917 bits per heavy atom. The Bertz CT molecular complexity index is 468. The molecule has 0 aromatic carbocycles. The molecule has 12 heteroatoms. The summed E-state index contributed by atoms with van der Waals surface area (Å²) >= 11 is 0. The summed E-state index contributed by atoms with van der Waals surface area (Å²) < 4.78 is 65.1. The second-order valence-corrected chi connectivity index (χ2v) is 9.98. The zero-order valence-electron chi connectivity index (χ0n) is 13.0. The summed E-state index contributed by atoms with van der Waals surface area (Å²) in [4.78, 5) is 0. The molecule has 138 valence electrons. The first-order chi connectivity index (χ1) is 11.4. The normalized spacial score (nSPS) is 47.2. The number of phosphoric ester groups is 2. The number of ether oxygens (including phenoxy) is 2. The Balaban J connectivity index is 1.13. The molecule has 6 aliphatic rings. The van der Waals surface area contributed by atoms with E-state index in [9.17, 15) is 9.13 Å². The zero-order valence-corrected chi connectivity index (χ0v) is 14.8. The van der Waals surface area contributed by atoms with E-state index in [4.69, 9.17) is 36.6 Å². The highest BCUT2D eigenvalue weighted by molar-refractivity contribution is 7.48. The smallest absolute Gasteiger partial charge is 0.378 e. The molecule has 0 aromatic rings. The van der Waals surface area contributed by atoms with E-state index in [1.807, 2.05) is 0 Å². The highest BCUT2D eigenvalue weighted by Gasteiger charge is 2.51. The zero-order chi connectivity index (χ0) is 16.7. The minimum atomic E-state index is -3.28. The van der Waals surface area contributed by atoms with Gasteiger partial charge in [0, 0.05) is 0 Å². The van der Waals surface area contributed by atoms with Crippen molar-refractivity contribution in [3.8, 4) is 0 Å². The predicted octanol–water partition coefficient (Wildman–Crippen LogP) is 1.36. The molecule has 4 bridgehead atoms. The maximum Gasteiger partial charge on any atom is 0.474 e. The van der Waals surface area contributed by atoms with Gasteiger partial charge in [0.05, 0.1) is 76.9 Å². The molecule has 6 heterocycles. The Morgan fingerprint density at radius 1 is 0.625 bits per heavy atom. The van der Waals surface area contributed by atoms with Crippen molar-refractivity contribution in [2.45, 2.75) is 0 Å². The molecule has 6 fully saturated rings. The standard InChI is InChI=1S/C12H20O10P2/c13-23-17-5-11(6-18-23,7-19-23)3-15-1-2-16-4-12-8-20-24(14,21-9-12)22-10-12/h1-10H2. The number of hydrogen-bond donors (Lipinski definition) is 0. The summed E-state index contributed by atoms with van der Waals surface area (Å²) in [5, 5.41) is 0. The molecule has 6 rings (SSSR count). The van der Waals surface area contributed by atoms with E-state index in [0.29, 0.717) is 66.1 Å². The van der Waals surface area contributed by atoms with Gasteiger partial charge in [0.15, 0.2) is 0 Å². The number of fused-ring (bicyclic) bond motifs is 6. The lowest BCUT2D eigenvalue weighted by atomic mass is 9.92. The first-order valence-corrected chi connectivity index (χ1v) is 10.6. The van der Waals surface area contributed by atoms with Gasteiger partial charge in [-0.2, -0.15) is 0 Å². The van der Waals surface area contributed by atoms with Crippen LogP contribution in [0.25, 0.3) is 0 Å². The van der Waals surface area contributed by atoms with Crippen LogP contribution in [-0.4, -0.2) is 66.1 Å². The van der Waals surface area contributed by atoms with Crippen LogP contribution in [0, 0.1) is 10.8 Å². The quantitative estimate of drug-likeness (QED) is 0.470. The fourth-order valence-electron chi connectivity index (χ4n) is 2.71. The minimum absolute atomic E-state index is 0.306. The van der Waals surface area contributed by atoms with Gasteiger partial charge in [0.1, 0.15) is 0 Å². The van der Waals surface area contributed by atoms with Crippen LogP contribution < -0.4 is 0 Å². The summed E-state index contributed by atoms with van der Waals surface area (Å²) in [5.41, 5.74) is -0.817. The van der Waals surface area contributed by atoms with Gasteiger partial charge in [-0.05, 0) is 0 Å². The summed E-state index contributed by atoms with van der Waals surface area (Å²) in [6, 6.07) is 0. The Labute approximate surface area is 139 Å². The lowest BCUT2D eigenvalue weighted by Gasteiger charge is -2.44. The molecular weight excluding hydrogens is 366 g/mol. The van der Waals surface area contributed by atoms with E-state index in [-0.39, 0.29) is 0 Å². The third-order valence-corrected chi connectivity index (χ3v) is 7.03. The van der Waals surface area contributed by atoms with E-state index in [2.05, 4.69) is 0 Å². The molecule has 0 N–H and O–H groups in total. The predicted molar refractivity (Wildman–Crippen MR) is 77.4 cm³/mol. The van der Waals surface area contributed by atoms with Gasteiger partial charge in [-0.3, -0.25) is 27.1 Å². The van der Waals surface area contributed by atoms with Gasteiger partial charge in [-0.25, -0.2) is 9.13 Å². The summed E-state index contributed by atoms with van der Waals surface area (Å²) in [6.07, 6.45) is 0. The number of rotatable bonds is 7. The van der Waals surface area contributed by atoms with Gasteiger partial charge in [-0.15, -0.1) is 0 Å². The van der Waals surface area contributed by atoms with E-state index < -0.39 is 26.5 Å². The highest BCUT2D eigenvalue weighted by atomic mass is 31.2. The number of phosphoric acid groups is 2. The van der Waals surface area contributed by atoms with E-state index in [1.165, 1.54) is 0 Å². The summed E-state index contributed by atoms with van der Waals surface area (Å²) in [7, 11) is -6.57. The number of hydrogen-bond acceptors (Lipinski definition) is 10. The van der Waals surface area contributed by atoms with Crippen molar-refractivity contribution in [2.24, 2.45) is 10.8 Å². The second kappa shape index (κ2) is 6.39. The molecule has 0 unspecified atom stereocenters. The van der Waals surface area contributed by atoms with Crippen LogP contribution in [0.1, 0.15) is 0 Å². The largest absolute Gasteiger partial charge is 0.474 e. The fourth-order valence-corrected chi connectivity index (χ4v) is 5.75. The van der Waals surface area contributed by atoms with Crippen LogP contribution in [0.2, 0.25) is 0 Å². The molecular formula is C12H20O10P2. The molecule has 10 nitrogen and oxygen atoms in total. The van der Waals surface area contributed by atoms with Crippen molar-refractivity contribution in [3.63, 3.8) is 0 Å². The Kier molecular flexibility index (Phi) is 4.67. The van der Waals surface area contributed by atoms with E-state index in [0.717, 1.165) is 0 Å². The molecule has 6 aliphatic heterocycles. The minimum Gasteiger partial charge on any atom is -0.378 e. The molecule has 0 saturated carbocycles. The maximum absolute atomic E-state index is 11.7. The summed E-state index contributed by atoms with van der Waals surface area (Å²) in [5.74, 6) is 0. The van der Waals surface area contributed by atoms with Crippen LogP contribution in [0.15, 0.2) is 0 Å². The molecule has 24 heavy (non-hydrogen) atoms. The maximum atomic E-state index is 11.7. The van der Waals surface area contributed by atoms with Crippen molar-refractivity contribution >= 4 is 15.6 Å². The molecule has 0 radical (unpaired) electrons. The van der Waals surface area contributed by atoms with Crippen LogP contribution in [0.5, 0.6) is 0 Å². The van der Waals surface area contributed by atoms with Crippen LogP contribution in [0.3, 0.4) is 0 Å². The highest BCUT2D eigenvalue weighted by Crippen LogP contribution is 2.60. The van der Waals surface area contributed by atoms with Crippen molar-refractivity contribution in [1.82, 2.24) is 0 Å². The fraction of sp³-hybridized carbons (Fsp3) is 1.00. The Hall–Kier alpha value is 0.140. The first-order valence-electron chi connectivity index (χ1n) is 7.68. The van der Waals surface area contributed by atoms with Crippen molar-refractivity contribution in [2.75, 3.05) is 66.1 Å². The molecule has 0 spiro atoms. The van der Waals surface area contributed by atoms with Gasteiger partial charge < -0.3 is 9.47 Å². The van der Waals surface area contributed by atoms with Gasteiger partial charge >= 0.3 is 15.6 Å². The van der Waals surface area contributed by atoms with Gasteiger partial charge in [-0.1, -0.05) is 0 Å². The summed E-state index contributed by atoms with van der Waals surface area (Å²) in [6.45, 7) is 3.36. The molecule has 0 atom stereocenters. The van der Waals surface area contributed by atoms with E-state index >= 15 is 0 Å². The first kappa shape index (κ1) is 17.5. The molecule has 0 aromatic heterocycles. The van der Waals surface area contributed by atoms with Crippen molar-refractivity contribution in [3.05, 3.63) is 0 Å². The van der Waals surface area contributed by atoms with Crippen LogP contribution in [0.4, 0.5) is 0 Å². The topological polar surface area (TPSA) is 108 Å². The van der Waals surface area contributed by atoms with E-state index in [1.54, 1.807) is 0 Å². The lowest BCUT2D eigenvalue weighted by Crippen LogP contribution is -2.48.